The van der Waals surface area contributed by atoms with E-state index in [2.05, 4.69) is 40.2 Å². The maximum Gasteiger partial charge on any atom is 0.0798 e. The number of aliphatic hydroxyl groups is 1. The van der Waals surface area contributed by atoms with Crippen LogP contribution in [0.1, 0.15) is 36.8 Å². The van der Waals surface area contributed by atoms with Gasteiger partial charge in [-0.2, -0.15) is 0 Å². The smallest absolute Gasteiger partial charge is 0.0798 e. The molecule has 0 aliphatic carbocycles. The van der Waals surface area contributed by atoms with Gasteiger partial charge in [-0.25, -0.2) is 0 Å². The van der Waals surface area contributed by atoms with Crippen molar-refractivity contribution >= 4 is 15.9 Å². The van der Waals surface area contributed by atoms with Gasteiger partial charge in [0.05, 0.1) is 31.5 Å². The zero-order valence-electron chi connectivity index (χ0n) is 15.7. The average Bonchev–Trinajstić information content (AvgIpc) is 2.68. The van der Waals surface area contributed by atoms with E-state index < -0.39 is 6.10 Å². The maximum absolute atomic E-state index is 10.3. The molecule has 0 bridgehead atoms. The predicted octanol–water partition coefficient (Wildman–Crippen LogP) is 4.90. The highest BCUT2D eigenvalue weighted by molar-refractivity contribution is 9.09. The molecule has 0 aromatic heterocycles. The van der Waals surface area contributed by atoms with Crippen LogP contribution < -0.4 is 0 Å². The number of ether oxygens (including phenoxy) is 2. The first-order valence-electron chi connectivity index (χ1n) is 9.82. The Morgan fingerprint density at radius 2 is 1.59 bits per heavy atom. The van der Waals surface area contributed by atoms with Gasteiger partial charge in [0, 0.05) is 11.2 Å². The minimum atomic E-state index is -0.494. The molecule has 2 aromatic rings. The largest absolute Gasteiger partial charge is 0.391 e. The van der Waals surface area contributed by atoms with Gasteiger partial charge in [-0.15, -0.1) is 0 Å². The van der Waals surface area contributed by atoms with Crippen LogP contribution in [0.5, 0.6) is 0 Å². The molecule has 1 fully saturated rings. The molecule has 2 aromatic carbocycles. The first-order chi connectivity index (χ1) is 13.2. The van der Waals surface area contributed by atoms with Gasteiger partial charge in [0.2, 0.25) is 0 Å². The number of aryl methyl sites for hydroxylation is 1. The lowest BCUT2D eigenvalue weighted by Crippen LogP contribution is -2.36. The highest BCUT2D eigenvalue weighted by Gasteiger charge is 2.29. The Morgan fingerprint density at radius 3 is 2.30 bits per heavy atom. The summed E-state index contributed by atoms with van der Waals surface area (Å²) in [4.78, 5) is 0.453. The Morgan fingerprint density at radius 1 is 0.963 bits per heavy atom. The molecular weight excluding hydrogens is 404 g/mol. The fraction of sp³-hybridized carbons (Fsp3) is 0.478. The normalized spacial score (nSPS) is 23.9. The number of hydrogen-bond donors (Lipinski definition) is 1. The lowest BCUT2D eigenvalue weighted by atomic mass is 9.96. The summed E-state index contributed by atoms with van der Waals surface area (Å²) < 4.78 is 11.9. The van der Waals surface area contributed by atoms with Crippen molar-refractivity contribution in [2.75, 3.05) is 6.61 Å². The van der Waals surface area contributed by atoms with Crippen molar-refractivity contribution in [1.29, 1.82) is 0 Å². The summed E-state index contributed by atoms with van der Waals surface area (Å²) in [5.41, 5.74) is 2.48. The summed E-state index contributed by atoms with van der Waals surface area (Å²) in [6.07, 6.45) is 4.47. The molecule has 1 saturated heterocycles. The predicted molar refractivity (Wildman–Crippen MR) is 112 cm³/mol. The van der Waals surface area contributed by atoms with Crippen LogP contribution in [0.15, 0.2) is 60.7 Å². The monoisotopic (exact) mass is 432 g/mol. The van der Waals surface area contributed by atoms with E-state index in [1.54, 1.807) is 0 Å². The average molecular weight is 433 g/mol. The summed E-state index contributed by atoms with van der Waals surface area (Å²) in [6, 6.07) is 20.6. The quantitative estimate of drug-likeness (QED) is 0.572. The highest BCUT2D eigenvalue weighted by Crippen LogP contribution is 2.29. The summed E-state index contributed by atoms with van der Waals surface area (Å²) in [6.45, 7) is 0.876. The molecule has 146 valence electrons. The number of halogens is 1. The molecule has 0 radical (unpaired) electrons. The van der Waals surface area contributed by atoms with Crippen molar-refractivity contribution in [3.63, 3.8) is 0 Å². The number of rotatable bonds is 9. The van der Waals surface area contributed by atoms with Crippen molar-refractivity contribution in [3.8, 4) is 0 Å². The van der Waals surface area contributed by atoms with Crippen molar-refractivity contribution in [2.24, 2.45) is 0 Å². The van der Waals surface area contributed by atoms with E-state index in [4.69, 9.17) is 9.47 Å². The fourth-order valence-electron chi connectivity index (χ4n) is 3.62. The van der Waals surface area contributed by atoms with Gasteiger partial charge in [-0.1, -0.05) is 76.6 Å². The Hall–Kier alpha value is -1.20. The number of benzene rings is 2. The number of alkyl halides is 1. The molecular formula is C23H29BrO3. The molecule has 1 aliphatic rings. The molecule has 0 amide bonds. The fourth-order valence-corrected chi connectivity index (χ4v) is 4.45. The van der Waals surface area contributed by atoms with Crippen LogP contribution in [0.3, 0.4) is 0 Å². The SMILES string of the molecule is OC(COCc1ccccc1)C[C@@H]1CC(Br)C[C@H](CCc2ccccc2)O1. The molecule has 4 heteroatoms. The van der Waals surface area contributed by atoms with Crippen LogP contribution in [-0.2, 0) is 22.5 Å². The van der Waals surface area contributed by atoms with Gasteiger partial charge in [-0.05, 0) is 36.8 Å². The van der Waals surface area contributed by atoms with Gasteiger partial charge in [0.25, 0.3) is 0 Å². The summed E-state index contributed by atoms with van der Waals surface area (Å²) in [5, 5.41) is 10.3. The zero-order valence-corrected chi connectivity index (χ0v) is 17.3. The third-order valence-corrected chi connectivity index (χ3v) is 5.72. The molecule has 1 heterocycles. The Balaban J connectivity index is 1.39. The second-order valence-corrected chi connectivity index (χ2v) is 8.66. The molecule has 2 unspecified atom stereocenters. The zero-order chi connectivity index (χ0) is 18.9. The van der Waals surface area contributed by atoms with Crippen molar-refractivity contribution < 1.29 is 14.6 Å². The standard InChI is InChI=1S/C23H29BrO3/c24-20-13-22(12-11-18-7-3-1-4-8-18)27-23(14-20)15-21(25)17-26-16-19-9-5-2-6-10-19/h1-10,20-23,25H,11-17H2/t20?,21?,22-,23-/m0/s1. The summed E-state index contributed by atoms with van der Waals surface area (Å²) in [5.74, 6) is 0. The first kappa shape index (κ1) is 20.5. The summed E-state index contributed by atoms with van der Waals surface area (Å²) in [7, 11) is 0. The molecule has 1 N–H and O–H groups in total. The van der Waals surface area contributed by atoms with E-state index in [9.17, 15) is 5.11 Å². The van der Waals surface area contributed by atoms with Crippen molar-refractivity contribution in [2.45, 2.75) is 61.9 Å². The van der Waals surface area contributed by atoms with E-state index in [-0.39, 0.29) is 12.2 Å². The molecule has 3 rings (SSSR count). The second kappa shape index (κ2) is 11.0. The van der Waals surface area contributed by atoms with Crippen LogP contribution >= 0.6 is 15.9 Å². The Kier molecular flexibility index (Phi) is 8.34. The topological polar surface area (TPSA) is 38.7 Å². The van der Waals surface area contributed by atoms with Crippen LogP contribution in [0.4, 0.5) is 0 Å². The van der Waals surface area contributed by atoms with E-state index in [1.807, 2.05) is 36.4 Å². The highest BCUT2D eigenvalue weighted by atomic mass is 79.9. The van der Waals surface area contributed by atoms with Gasteiger partial charge in [0.15, 0.2) is 0 Å². The third-order valence-electron chi connectivity index (χ3n) is 4.98. The third kappa shape index (κ3) is 7.38. The number of aliphatic hydroxyl groups excluding tert-OH is 1. The van der Waals surface area contributed by atoms with Gasteiger partial charge < -0.3 is 14.6 Å². The van der Waals surface area contributed by atoms with Gasteiger partial charge in [0.1, 0.15) is 0 Å². The van der Waals surface area contributed by atoms with Gasteiger partial charge in [-0.3, -0.25) is 0 Å². The van der Waals surface area contributed by atoms with Crippen LogP contribution in [-0.4, -0.2) is 34.9 Å². The number of hydrogen-bond acceptors (Lipinski definition) is 3. The van der Waals surface area contributed by atoms with Gasteiger partial charge >= 0.3 is 0 Å². The van der Waals surface area contributed by atoms with Crippen LogP contribution in [0.2, 0.25) is 0 Å². The lowest BCUT2D eigenvalue weighted by molar-refractivity contribution is -0.0785. The van der Waals surface area contributed by atoms with E-state index in [0.29, 0.717) is 24.5 Å². The van der Waals surface area contributed by atoms with E-state index >= 15 is 0 Å². The molecule has 0 spiro atoms. The van der Waals surface area contributed by atoms with E-state index in [0.717, 1.165) is 31.2 Å². The first-order valence-corrected chi connectivity index (χ1v) is 10.7. The van der Waals surface area contributed by atoms with Crippen molar-refractivity contribution in [1.82, 2.24) is 0 Å². The molecule has 4 atom stereocenters. The lowest BCUT2D eigenvalue weighted by Gasteiger charge is -2.34. The maximum atomic E-state index is 10.3. The molecule has 0 saturated carbocycles. The summed E-state index contributed by atoms with van der Waals surface area (Å²) >= 11 is 3.78. The molecule has 1 aliphatic heterocycles. The second-order valence-electron chi connectivity index (χ2n) is 7.36. The Bertz CT molecular complexity index is 649. The Labute approximate surface area is 170 Å². The minimum absolute atomic E-state index is 0.0826. The van der Waals surface area contributed by atoms with Crippen molar-refractivity contribution in [3.05, 3.63) is 71.8 Å². The van der Waals surface area contributed by atoms with E-state index in [1.165, 1.54) is 5.56 Å². The molecule has 27 heavy (non-hydrogen) atoms. The minimum Gasteiger partial charge on any atom is -0.391 e. The molecule has 3 nitrogen and oxygen atoms in total. The van der Waals surface area contributed by atoms with Crippen LogP contribution in [0, 0.1) is 0 Å². The van der Waals surface area contributed by atoms with Crippen LogP contribution in [0.25, 0.3) is 0 Å².